The Balaban J connectivity index is 2.16. The van der Waals surface area contributed by atoms with Crippen LogP contribution in [0.2, 0.25) is 0 Å². The number of nitrogens with zero attached hydrogens (tertiary/aromatic N) is 2. The maximum atomic E-state index is 5.78. The number of hydrogen-bond donors (Lipinski definition) is 0. The second-order valence-corrected chi connectivity index (χ2v) is 4.28. The summed E-state index contributed by atoms with van der Waals surface area (Å²) in [5.41, 5.74) is 0.755. The van der Waals surface area contributed by atoms with Gasteiger partial charge in [0.25, 0.3) is 0 Å². The van der Waals surface area contributed by atoms with Crippen molar-refractivity contribution < 1.29 is 9.31 Å². The predicted molar refractivity (Wildman–Crippen MR) is 54.3 cm³/mol. The van der Waals surface area contributed by atoms with Crippen molar-refractivity contribution in [3.63, 3.8) is 0 Å². The Morgan fingerprint density at radius 2 is 2.29 bits per heavy atom. The third kappa shape index (κ3) is 1.57. The molecule has 1 saturated heterocycles. The maximum absolute atomic E-state index is 5.78. The van der Waals surface area contributed by atoms with Gasteiger partial charge in [-0.3, -0.25) is 4.68 Å². The lowest BCUT2D eigenvalue weighted by Gasteiger charge is -2.21. The molecule has 76 valence electrons. The summed E-state index contributed by atoms with van der Waals surface area (Å²) >= 11 is 0. The molecule has 1 aliphatic heterocycles. The minimum Gasteiger partial charge on any atom is -0.402 e. The summed E-state index contributed by atoms with van der Waals surface area (Å²) in [7, 11) is 1.61. The highest BCUT2D eigenvalue weighted by Gasteiger charge is 2.44. The van der Waals surface area contributed by atoms with E-state index < -0.39 is 0 Å². The van der Waals surface area contributed by atoms with Crippen LogP contribution in [0.4, 0.5) is 0 Å². The second kappa shape index (κ2) is 3.10. The van der Waals surface area contributed by atoms with E-state index in [1.807, 2.05) is 34.0 Å². The zero-order valence-corrected chi connectivity index (χ0v) is 9.02. The fourth-order valence-corrected chi connectivity index (χ4v) is 1.46. The van der Waals surface area contributed by atoms with E-state index in [4.69, 9.17) is 9.31 Å². The first kappa shape index (κ1) is 9.74. The van der Waals surface area contributed by atoms with Gasteiger partial charge in [0.05, 0.1) is 11.7 Å². The molecule has 1 atom stereocenters. The van der Waals surface area contributed by atoms with Gasteiger partial charge in [0.15, 0.2) is 0 Å². The predicted octanol–water partition coefficient (Wildman–Crippen LogP) is 0.329. The van der Waals surface area contributed by atoms with Gasteiger partial charge in [0.1, 0.15) is 0 Å². The maximum Gasteiger partial charge on any atom is 0.497 e. The van der Waals surface area contributed by atoms with Crippen LogP contribution in [0.15, 0.2) is 12.4 Å². The fourth-order valence-electron chi connectivity index (χ4n) is 1.46. The number of hydrogen-bond acceptors (Lipinski definition) is 3. The van der Waals surface area contributed by atoms with Crippen molar-refractivity contribution >= 4 is 12.6 Å². The van der Waals surface area contributed by atoms with Gasteiger partial charge < -0.3 is 9.31 Å². The van der Waals surface area contributed by atoms with Crippen molar-refractivity contribution in [1.82, 2.24) is 9.78 Å². The van der Waals surface area contributed by atoms with E-state index in [2.05, 4.69) is 5.10 Å². The first-order valence-corrected chi connectivity index (χ1v) is 4.81. The molecule has 2 heterocycles. The van der Waals surface area contributed by atoms with E-state index in [0.29, 0.717) is 0 Å². The van der Waals surface area contributed by atoms with Gasteiger partial charge in [-0.25, -0.2) is 0 Å². The molecule has 1 fully saturated rings. The summed E-state index contributed by atoms with van der Waals surface area (Å²) in [5, 5.41) is 4.09. The zero-order chi connectivity index (χ0) is 10.3. The van der Waals surface area contributed by atoms with Crippen molar-refractivity contribution in [1.29, 1.82) is 0 Å². The van der Waals surface area contributed by atoms with Gasteiger partial charge in [0.2, 0.25) is 0 Å². The van der Waals surface area contributed by atoms with Crippen LogP contribution in [0.25, 0.3) is 0 Å². The monoisotopic (exact) mass is 194 g/mol. The third-order valence-electron chi connectivity index (χ3n) is 2.71. The van der Waals surface area contributed by atoms with Crippen molar-refractivity contribution in [3.05, 3.63) is 12.4 Å². The molecule has 0 bridgehead atoms. The number of rotatable bonds is 1. The van der Waals surface area contributed by atoms with Gasteiger partial charge in [-0.1, -0.05) is 0 Å². The summed E-state index contributed by atoms with van der Waals surface area (Å²) in [6.07, 6.45) is 3.80. The van der Waals surface area contributed by atoms with Crippen LogP contribution in [0, 0.1) is 0 Å². The topological polar surface area (TPSA) is 36.3 Å². The van der Waals surface area contributed by atoms with Crippen molar-refractivity contribution in [2.24, 2.45) is 7.05 Å². The second-order valence-electron chi connectivity index (χ2n) is 4.28. The first-order chi connectivity index (χ1) is 6.49. The summed E-state index contributed by atoms with van der Waals surface area (Å²) < 4.78 is 13.2. The standard InChI is InChI=1S/C9H15BN2O2/c1-7-9(2,3)14-10(13-7)8-5-11-12(4)6-8/h5-7H,1-4H3/t7-/m0/s1. The van der Waals surface area contributed by atoms with Crippen molar-refractivity contribution in [2.75, 3.05) is 0 Å². The Bertz CT molecular complexity index is 337. The van der Waals surface area contributed by atoms with Crippen molar-refractivity contribution in [2.45, 2.75) is 32.5 Å². The Hall–Kier alpha value is -0.805. The molecule has 1 aliphatic rings. The molecule has 2 rings (SSSR count). The molecule has 0 aliphatic carbocycles. The van der Waals surface area contributed by atoms with E-state index in [-0.39, 0.29) is 18.8 Å². The number of aryl methyl sites for hydroxylation is 1. The van der Waals surface area contributed by atoms with E-state index >= 15 is 0 Å². The molecule has 0 saturated carbocycles. The molecule has 1 aromatic heterocycles. The molecular formula is C9H15BN2O2. The van der Waals surface area contributed by atoms with Crippen LogP contribution in [0.5, 0.6) is 0 Å². The normalized spacial score (nSPS) is 25.7. The molecule has 14 heavy (non-hydrogen) atoms. The third-order valence-corrected chi connectivity index (χ3v) is 2.71. The van der Waals surface area contributed by atoms with Gasteiger partial charge >= 0.3 is 7.12 Å². The Morgan fingerprint density at radius 3 is 2.71 bits per heavy atom. The minimum absolute atomic E-state index is 0.104. The number of aromatic nitrogens is 2. The van der Waals surface area contributed by atoms with E-state index in [1.54, 1.807) is 10.9 Å². The molecular weight excluding hydrogens is 179 g/mol. The largest absolute Gasteiger partial charge is 0.497 e. The Labute approximate surface area is 84.3 Å². The van der Waals surface area contributed by atoms with Crippen LogP contribution in [0.3, 0.4) is 0 Å². The quantitative estimate of drug-likeness (QED) is 0.604. The highest BCUT2D eigenvalue weighted by molar-refractivity contribution is 6.61. The first-order valence-electron chi connectivity index (χ1n) is 4.81. The van der Waals surface area contributed by atoms with Gasteiger partial charge in [-0.15, -0.1) is 0 Å². The highest BCUT2D eigenvalue weighted by Crippen LogP contribution is 2.26. The lowest BCUT2D eigenvalue weighted by Crippen LogP contribution is -2.34. The Kier molecular flexibility index (Phi) is 2.16. The molecule has 0 spiro atoms. The molecule has 4 nitrogen and oxygen atoms in total. The summed E-state index contributed by atoms with van der Waals surface area (Å²) in [4.78, 5) is 0. The summed E-state index contributed by atoms with van der Waals surface area (Å²) in [6.45, 7) is 6.10. The molecule has 0 unspecified atom stereocenters. The molecule has 0 radical (unpaired) electrons. The lowest BCUT2D eigenvalue weighted by atomic mass is 9.82. The zero-order valence-electron chi connectivity index (χ0n) is 9.02. The average molecular weight is 194 g/mol. The summed E-state index contributed by atoms with van der Waals surface area (Å²) in [6, 6.07) is 0. The fraction of sp³-hybridized carbons (Fsp3) is 0.667. The van der Waals surface area contributed by atoms with Gasteiger partial charge in [0, 0.05) is 24.9 Å². The van der Waals surface area contributed by atoms with E-state index in [9.17, 15) is 0 Å². The van der Waals surface area contributed by atoms with Gasteiger partial charge in [-0.2, -0.15) is 5.10 Å². The summed E-state index contributed by atoms with van der Waals surface area (Å²) in [5.74, 6) is 0. The molecule has 0 aromatic carbocycles. The molecule has 0 amide bonds. The molecule has 0 N–H and O–H groups in total. The molecule has 1 aromatic rings. The smallest absolute Gasteiger partial charge is 0.402 e. The van der Waals surface area contributed by atoms with Gasteiger partial charge in [-0.05, 0) is 20.8 Å². The van der Waals surface area contributed by atoms with E-state index in [1.165, 1.54) is 0 Å². The average Bonchev–Trinajstić information content (AvgIpc) is 2.58. The molecule has 5 heteroatoms. The SMILES string of the molecule is C[C@@H]1OB(c2cnn(C)c2)OC1(C)C. The Morgan fingerprint density at radius 1 is 1.57 bits per heavy atom. The van der Waals surface area contributed by atoms with Crippen LogP contribution in [-0.2, 0) is 16.4 Å². The highest BCUT2D eigenvalue weighted by atomic mass is 16.7. The van der Waals surface area contributed by atoms with Crippen LogP contribution in [0.1, 0.15) is 20.8 Å². The van der Waals surface area contributed by atoms with Crippen LogP contribution < -0.4 is 5.46 Å². The van der Waals surface area contributed by atoms with E-state index in [0.717, 1.165) is 5.46 Å². The lowest BCUT2D eigenvalue weighted by molar-refractivity contribution is 0.0842. The minimum atomic E-state index is -0.270. The van der Waals surface area contributed by atoms with Crippen LogP contribution in [-0.4, -0.2) is 28.6 Å². The van der Waals surface area contributed by atoms with Crippen molar-refractivity contribution in [3.8, 4) is 0 Å². The van der Waals surface area contributed by atoms with Crippen LogP contribution >= 0.6 is 0 Å².